The molecule has 0 aromatic heterocycles. The zero-order chi connectivity index (χ0) is 20.8. The van der Waals surface area contributed by atoms with Crippen LogP contribution in [0, 0.1) is 15.9 Å². The normalized spacial score (nSPS) is 10.6. The number of nitro groups is 1. The smallest absolute Gasteiger partial charge is 0.284 e. The third-order valence-corrected chi connectivity index (χ3v) is 5.54. The van der Waals surface area contributed by atoms with Crippen molar-refractivity contribution in [3.8, 4) is 0 Å². The number of halogens is 2. The number of amides is 1. The largest absolute Gasteiger partial charge is 0.352 e. The van der Waals surface area contributed by atoms with Crippen LogP contribution in [0.5, 0.6) is 0 Å². The molecule has 1 N–H and O–H groups in total. The first-order valence-electron chi connectivity index (χ1n) is 8.67. The maximum absolute atomic E-state index is 13.0. The van der Waals surface area contributed by atoms with Crippen molar-refractivity contribution in [2.24, 2.45) is 0 Å². The van der Waals surface area contributed by atoms with Gasteiger partial charge in [-0.2, -0.15) is 0 Å². The lowest BCUT2D eigenvalue weighted by Crippen LogP contribution is -2.25. The van der Waals surface area contributed by atoms with Crippen LogP contribution in [0.1, 0.15) is 15.9 Å². The van der Waals surface area contributed by atoms with E-state index in [1.165, 1.54) is 30.3 Å². The van der Waals surface area contributed by atoms with Crippen molar-refractivity contribution >= 4 is 35.0 Å². The van der Waals surface area contributed by atoms with E-state index in [4.69, 9.17) is 11.6 Å². The fraction of sp³-hybridized carbons (Fsp3) is 0.0952. The molecule has 0 heterocycles. The highest BCUT2D eigenvalue weighted by Gasteiger charge is 2.18. The molecule has 0 fully saturated rings. The number of hydrogen-bond donors (Lipinski definition) is 1. The van der Waals surface area contributed by atoms with Crippen molar-refractivity contribution in [3.05, 3.63) is 98.8 Å². The molecule has 0 aliphatic carbocycles. The van der Waals surface area contributed by atoms with Crippen LogP contribution in [-0.2, 0) is 6.42 Å². The first kappa shape index (κ1) is 20.8. The van der Waals surface area contributed by atoms with Gasteiger partial charge < -0.3 is 5.32 Å². The highest BCUT2D eigenvalue weighted by Crippen LogP contribution is 2.35. The molecule has 3 aromatic carbocycles. The molecule has 0 unspecified atom stereocenters. The van der Waals surface area contributed by atoms with Gasteiger partial charge in [-0.05, 0) is 54.4 Å². The maximum atomic E-state index is 13.0. The van der Waals surface area contributed by atoms with Crippen LogP contribution >= 0.6 is 23.4 Å². The van der Waals surface area contributed by atoms with Crippen LogP contribution in [0.15, 0.2) is 76.5 Å². The molecule has 0 bridgehead atoms. The van der Waals surface area contributed by atoms with Crippen molar-refractivity contribution in [2.75, 3.05) is 6.54 Å². The Labute approximate surface area is 176 Å². The van der Waals surface area contributed by atoms with E-state index in [9.17, 15) is 19.3 Å². The number of benzene rings is 3. The van der Waals surface area contributed by atoms with E-state index < -0.39 is 10.8 Å². The molecule has 0 atom stereocenters. The Hall–Kier alpha value is -2.90. The molecule has 0 aliphatic rings. The Kier molecular flexibility index (Phi) is 6.85. The molecular weight excluding hydrogens is 415 g/mol. The number of carbonyl (C=O) groups is 1. The van der Waals surface area contributed by atoms with Gasteiger partial charge in [0.2, 0.25) is 0 Å². The summed E-state index contributed by atoms with van der Waals surface area (Å²) in [5, 5.41) is 14.8. The molecule has 3 aromatic rings. The second-order valence-corrected chi connectivity index (χ2v) is 7.62. The van der Waals surface area contributed by atoms with Gasteiger partial charge in [-0.3, -0.25) is 14.9 Å². The number of nitrogens with zero attached hydrogens (tertiary/aromatic N) is 1. The van der Waals surface area contributed by atoms with Gasteiger partial charge in [-0.1, -0.05) is 41.6 Å². The third kappa shape index (κ3) is 5.56. The van der Waals surface area contributed by atoms with Crippen LogP contribution in [0.2, 0.25) is 5.02 Å². The van der Waals surface area contributed by atoms with E-state index in [-0.39, 0.29) is 17.1 Å². The molecule has 29 heavy (non-hydrogen) atoms. The molecule has 0 saturated heterocycles. The van der Waals surface area contributed by atoms with E-state index in [0.29, 0.717) is 27.8 Å². The van der Waals surface area contributed by atoms with Crippen LogP contribution in [-0.4, -0.2) is 17.4 Å². The molecule has 3 rings (SSSR count). The Bertz CT molecular complexity index is 1040. The molecule has 0 saturated carbocycles. The van der Waals surface area contributed by atoms with Gasteiger partial charge in [-0.25, -0.2) is 4.39 Å². The number of nitrogens with one attached hydrogen (secondary N) is 1. The fourth-order valence-corrected chi connectivity index (χ4v) is 3.76. The van der Waals surface area contributed by atoms with Crippen LogP contribution < -0.4 is 5.32 Å². The van der Waals surface area contributed by atoms with Gasteiger partial charge in [0.1, 0.15) is 5.82 Å². The molecule has 8 heteroatoms. The van der Waals surface area contributed by atoms with Gasteiger partial charge in [0.15, 0.2) is 0 Å². The third-order valence-electron chi connectivity index (χ3n) is 4.10. The SMILES string of the molecule is O=C(NCCc1ccccc1Cl)c1ccc(Sc2ccc(F)cc2)c([N+](=O)[O-])c1. The lowest BCUT2D eigenvalue weighted by molar-refractivity contribution is -0.387. The minimum Gasteiger partial charge on any atom is -0.352 e. The Morgan fingerprint density at radius 3 is 2.52 bits per heavy atom. The fourth-order valence-electron chi connectivity index (χ4n) is 2.63. The number of rotatable bonds is 7. The van der Waals surface area contributed by atoms with E-state index in [1.807, 2.05) is 18.2 Å². The summed E-state index contributed by atoms with van der Waals surface area (Å²) in [5.74, 6) is -0.786. The minimum atomic E-state index is -0.535. The number of carbonyl (C=O) groups excluding carboxylic acids is 1. The lowest BCUT2D eigenvalue weighted by atomic mass is 10.1. The molecule has 148 valence electrons. The van der Waals surface area contributed by atoms with E-state index >= 15 is 0 Å². The Morgan fingerprint density at radius 2 is 1.83 bits per heavy atom. The number of nitro benzene ring substituents is 1. The summed E-state index contributed by atoms with van der Waals surface area (Å²) in [4.78, 5) is 24.3. The molecular formula is C21H16ClFN2O3S. The summed E-state index contributed by atoms with van der Waals surface area (Å²) >= 11 is 7.23. The molecule has 0 radical (unpaired) electrons. The van der Waals surface area contributed by atoms with Crippen LogP contribution in [0.3, 0.4) is 0 Å². The number of hydrogen-bond acceptors (Lipinski definition) is 4. The van der Waals surface area contributed by atoms with Crippen molar-refractivity contribution in [1.82, 2.24) is 5.32 Å². The predicted octanol–water partition coefficient (Wildman–Crippen LogP) is 5.51. The van der Waals surface area contributed by atoms with Crippen molar-refractivity contribution in [2.45, 2.75) is 16.2 Å². The molecule has 5 nitrogen and oxygen atoms in total. The summed E-state index contributed by atoms with van der Waals surface area (Å²) in [6, 6.07) is 17.3. The highest BCUT2D eigenvalue weighted by atomic mass is 35.5. The first-order valence-corrected chi connectivity index (χ1v) is 9.87. The average molecular weight is 431 g/mol. The zero-order valence-corrected chi connectivity index (χ0v) is 16.7. The summed E-state index contributed by atoms with van der Waals surface area (Å²) < 4.78 is 13.0. The topological polar surface area (TPSA) is 72.2 Å². The van der Waals surface area contributed by atoms with Crippen LogP contribution in [0.4, 0.5) is 10.1 Å². The molecule has 0 aliphatic heterocycles. The van der Waals surface area contributed by atoms with E-state index in [1.54, 1.807) is 18.2 Å². The summed E-state index contributed by atoms with van der Waals surface area (Å²) in [6.07, 6.45) is 0.548. The van der Waals surface area contributed by atoms with Gasteiger partial charge >= 0.3 is 0 Å². The summed E-state index contributed by atoms with van der Waals surface area (Å²) in [7, 11) is 0. The van der Waals surface area contributed by atoms with Gasteiger partial charge in [0.25, 0.3) is 11.6 Å². The van der Waals surface area contributed by atoms with E-state index in [2.05, 4.69) is 5.32 Å². The van der Waals surface area contributed by atoms with Gasteiger partial charge in [0.05, 0.1) is 9.82 Å². The lowest BCUT2D eigenvalue weighted by Gasteiger charge is -2.08. The monoisotopic (exact) mass is 430 g/mol. The van der Waals surface area contributed by atoms with Gasteiger partial charge in [-0.15, -0.1) is 0 Å². The Morgan fingerprint density at radius 1 is 1.10 bits per heavy atom. The minimum absolute atomic E-state index is 0.182. The van der Waals surface area contributed by atoms with Crippen molar-refractivity contribution < 1.29 is 14.1 Å². The standard InChI is InChI=1S/C21H16ClFN2O3S/c22-18-4-2-1-3-14(18)11-12-24-21(26)15-5-10-20(19(13-15)25(27)28)29-17-8-6-16(23)7-9-17/h1-10,13H,11-12H2,(H,24,26). The maximum Gasteiger partial charge on any atom is 0.284 e. The summed E-state index contributed by atoms with van der Waals surface area (Å²) in [5.41, 5.74) is 0.920. The average Bonchev–Trinajstić information content (AvgIpc) is 2.71. The summed E-state index contributed by atoms with van der Waals surface area (Å²) in [6.45, 7) is 0.350. The van der Waals surface area contributed by atoms with E-state index in [0.717, 1.165) is 17.3 Å². The van der Waals surface area contributed by atoms with Crippen LogP contribution in [0.25, 0.3) is 0 Å². The predicted molar refractivity (Wildman–Crippen MR) is 111 cm³/mol. The van der Waals surface area contributed by atoms with Crippen molar-refractivity contribution in [3.63, 3.8) is 0 Å². The van der Waals surface area contributed by atoms with Gasteiger partial charge in [0, 0.05) is 28.1 Å². The quantitative estimate of drug-likeness (QED) is 0.396. The first-order chi connectivity index (χ1) is 13.9. The van der Waals surface area contributed by atoms with Crippen molar-refractivity contribution in [1.29, 1.82) is 0 Å². The Balaban J connectivity index is 1.70. The molecule has 0 spiro atoms. The highest BCUT2D eigenvalue weighted by molar-refractivity contribution is 7.99. The molecule has 1 amide bonds. The zero-order valence-electron chi connectivity index (χ0n) is 15.1. The second-order valence-electron chi connectivity index (χ2n) is 6.09. The second kappa shape index (κ2) is 9.54.